The van der Waals surface area contributed by atoms with Crippen LogP contribution >= 0.6 is 0 Å². The van der Waals surface area contributed by atoms with Crippen molar-refractivity contribution in [1.29, 1.82) is 0 Å². The van der Waals surface area contributed by atoms with Gasteiger partial charge in [0.15, 0.2) is 0 Å². The molecule has 43 heavy (non-hydrogen) atoms. The number of nitrogens with zero attached hydrogens (tertiary/aromatic N) is 3. The van der Waals surface area contributed by atoms with E-state index in [1.54, 1.807) is 0 Å². The summed E-state index contributed by atoms with van der Waals surface area (Å²) in [5.74, 6) is 0.715. The van der Waals surface area contributed by atoms with Crippen LogP contribution in [0.3, 0.4) is 0 Å². The Labute approximate surface area is 254 Å². The first-order valence-electron chi connectivity index (χ1n) is 15.5. The molecule has 8 nitrogen and oxygen atoms in total. The molecule has 226 valence electrons. The van der Waals surface area contributed by atoms with E-state index in [1.165, 1.54) is 9.87 Å². The molecule has 3 aliphatic rings. The van der Waals surface area contributed by atoms with Gasteiger partial charge >= 0.3 is 0 Å². The number of amides is 2. The Bertz CT molecular complexity index is 1610. The highest BCUT2D eigenvalue weighted by molar-refractivity contribution is 7.89. The van der Waals surface area contributed by atoms with Crippen LogP contribution in [0, 0.1) is 5.92 Å². The van der Waals surface area contributed by atoms with Gasteiger partial charge in [-0.2, -0.15) is 0 Å². The maximum absolute atomic E-state index is 13.3. The van der Waals surface area contributed by atoms with Gasteiger partial charge in [-0.15, -0.1) is 0 Å². The van der Waals surface area contributed by atoms with Crippen molar-refractivity contribution in [3.05, 3.63) is 83.9 Å². The van der Waals surface area contributed by atoms with E-state index >= 15 is 0 Å². The van der Waals surface area contributed by atoms with Crippen molar-refractivity contribution < 1.29 is 18.0 Å². The van der Waals surface area contributed by atoms with Crippen molar-refractivity contribution >= 4 is 38.4 Å². The predicted octanol–water partition coefficient (Wildman–Crippen LogP) is 4.34. The van der Waals surface area contributed by atoms with E-state index < -0.39 is 15.6 Å². The molecule has 9 heteroatoms. The Hall–Kier alpha value is -3.56. The molecule has 0 radical (unpaired) electrons. The van der Waals surface area contributed by atoms with E-state index in [1.807, 2.05) is 65.6 Å². The van der Waals surface area contributed by atoms with E-state index in [-0.39, 0.29) is 36.6 Å². The lowest BCUT2D eigenvalue weighted by Gasteiger charge is -2.35. The van der Waals surface area contributed by atoms with Gasteiger partial charge in [0.05, 0.1) is 5.75 Å². The minimum atomic E-state index is -3.48. The molecule has 3 heterocycles. The summed E-state index contributed by atoms with van der Waals surface area (Å²) in [5.41, 5.74) is 1.35. The van der Waals surface area contributed by atoms with Crippen molar-refractivity contribution in [2.24, 2.45) is 10.9 Å². The second-order valence-electron chi connectivity index (χ2n) is 12.1. The molecule has 1 atom stereocenters. The first kappa shape index (κ1) is 29.5. The SMILES string of the molecule is O=C(CCCc1ccccc1)N1CCCC(C2=NC3(CCN(S(=O)(=O)CCc4cccc5ccccc45)CC3)C(=O)N2)C1. The van der Waals surface area contributed by atoms with Crippen LogP contribution in [0.15, 0.2) is 77.8 Å². The van der Waals surface area contributed by atoms with Crippen LogP contribution in [0.1, 0.15) is 49.7 Å². The summed E-state index contributed by atoms with van der Waals surface area (Å²) >= 11 is 0. The highest BCUT2D eigenvalue weighted by Crippen LogP contribution is 2.34. The lowest BCUT2D eigenvalue weighted by Crippen LogP contribution is -2.51. The van der Waals surface area contributed by atoms with E-state index in [4.69, 9.17) is 4.99 Å². The third-order valence-electron chi connectivity index (χ3n) is 9.31. The van der Waals surface area contributed by atoms with Crippen LogP contribution in [0.2, 0.25) is 0 Å². The largest absolute Gasteiger partial charge is 0.342 e. The molecule has 0 saturated carbocycles. The Morgan fingerprint density at radius 2 is 1.67 bits per heavy atom. The molecule has 3 aliphatic heterocycles. The normalized spacial score (nSPS) is 20.7. The van der Waals surface area contributed by atoms with Gasteiger partial charge in [-0.1, -0.05) is 72.8 Å². The number of hydrogen-bond donors (Lipinski definition) is 1. The molecule has 6 rings (SSSR count). The molecule has 1 unspecified atom stereocenters. The van der Waals surface area contributed by atoms with E-state index in [0.29, 0.717) is 38.1 Å². The smallest absolute Gasteiger partial charge is 0.253 e. The van der Waals surface area contributed by atoms with Crippen LogP contribution in [0.25, 0.3) is 10.8 Å². The molecule has 2 fully saturated rings. The molecule has 0 bridgehead atoms. The Morgan fingerprint density at radius 1 is 0.930 bits per heavy atom. The zero-order valence-corrected chi connectivity index (χ0v) is 25.4. The zero-order chi connectivity index (χ0) is 29.9. The number of aliphatic imine (C=N–C) groups is 1. The van der Waals surface area contributed by atoms with Gasteiger partial charge in [0.2, 0.25) is 15.9 Å². The number of aryl methyl sites for hydroxylation is 2. The van der Waals surface area contributed by atoms with E-state index in [0.717, 1.165) is 48.6 Å². The molecule has 0 aromatic heterocycles. The Balaban J connectivity index is 1.03. The molecule has 1 N–H and O–H groups in total. The highest BCUT2D eigenvalue weighted by atomic mass is 32.2. The molecule has 0 aliphatic carbocycles. The first-order chi connectivity index (χ1) is 20.8. The van der Waals surface area contributed by atoms with Gasteiger partial charge in [-0.05, 0) is 66.8 Å². The number of piperidine rings is 2. The summed E-state index contributed by atoms with van der Waals surface area (Å²) < 4.78 is 28.1. The number of rotatable bonds is 9. The number of carbonyl (C=O) groups is 2. The summed E-state index contributed by atoms with van der Waals surface area (Å²) in [6, 6.07) is 24.2. The standard InChI is InChI=1S/C34H40N4O4S/c39-31(17-6-11-26-9-2-1-3-10-26)37-21-8-15-29(25-37)32-35-33(40)34(36-32)19-22-38(23-20-34)43(41,42)24-18-28-14-7-13-27-12-4-5-16-30(27)28/h1-5,7,9-10,12-14,16,29H,6,8,11,15,17-25H2,(H,35,36,40). The number of amidine groups is 1. The molecule has 3 aromatic rings. The van der Waals surface area contributed by atoms with Gasteiger partial charge in [-0.25, -0.2) is 12.7 Å². The van der Waals surface area contributed by atoms with Crippen LogP contribution in [-0.4, -0.2) is 72.7 Å². The topological polar surface area (TPSA) is 99.2 Å². The summed E-state index contributed by atoms with van der Waals surface area (Å²) in [7, 11) is -3.48. The maximum Gasteiger partial charge on any atom is 0.253 e. The fourth-order valence-corrected chi connectivity index (χ4v) is 8.24. The van der Waals surface area contributed by atoms with Crippen LogP contribution in [0.5, 0.6) is 0 Å². The molecule has 1 spiro atoms. The van der Waals surface area contributed by atoms with Gasteiger partial charge < -0.3 is 10.2 Å². The monoisotopic (exact) mass is 600 g/mol. The highest BCUT2D eigenvalue weighted by Gasteiger charge is 2.48. The molecule has 2 amide bonds. The molecular formula is C34H40N4O4S. The number of carbonyl (C=O) groups excluding carboxylic acids is 2. The third-order valence-corrected chi connectivity index (χ3v) is 11.2. The second kappa shape index (κ2) is 12.6. The minimum absolute atomic E-state index is 0.00222. The Kier molecular flexibility index (Phi) is 8.63. The van der Waals surface area contributed by atoms with Crippen molar-refractivity contribution in [1.82, 2.24) is 14.5 Å². The number of benzene rings is 3. The van der Waals surface area contributed by atoms with Crippen LogP contribution < -0.4 is 5.32 Å². The maximum atomic E-state index is 13.3. The summed E-state index contributed by atoms with van der Waals surface area (Å²) in [6.45, 7) is 1.85. The van der Waals surface area contributed by atoms with Crippen molar-refractivity contribution in [3.8, 4) is 0 Å². The molecule has 2 saturated heterocycles. The van der Waals surface area contributed by atoms with Gasteiger partial charge in [0.25, 0.3) is 5.91 Å². The lowest BCUT2D eigenvalue weighted by atomic mass is 9.89. The van der Waals surface area contributed by atoms with Crippen LogP contribution in [-0.2, 0) is 32.5 Å². The number of fused-ring (bicyclic) bond motifs is 1. The third kappa shape index (κ3) is 6.53. The van der Waals surface area contributed by atoms with Crippen molar-refractivity contribution in [2.75, 3.05) is 31.9 Å². The minimum Gasteiger partial charge on any atom is -0.342 e. The van der Waals surface area contributed by atoms with Gasteiger partial charge in [-0.3, -0.25) is 14.6 Å². The fraction of sp³-hybridized carbons (Fsp3) is 0.441. The van der Waals surface area contributed by atoms with E-state index in [9.17, 15) is 18.0 Å². The van der Waals surface area contributed by atoms with Gasteiger partial charge in [0, 0.05) is 38.5 Å². The van der Waals surface area contributed by atoms with Crippen molar-refractivity contribution in [2.45, 2.75) is 56.9 Å². The predicted molar refractivity (Wildman–Crippen MR) is 169 cm³/mol. The summed E-state index contributed by atoms with van der Waals surface area (Å²) in [5, 5.41) is 5.22. The molecule has 3 aromatic carbocycles. The van der Waals surface area contributed by atoms with E-state index in [2.05, 4.69) is 17.4 Å². The zero-order valence-electron chi connectivity index (χ0n) is 24.6. The van der Waals surface area contributed by atoms with Gasteiger partial charge in [0.1, 0.15) is 11.4 Å². The number of likely N-dealkylation sites (tertiary alicyclic amines) is 1. The number of sulfonamides is 1. The quantitative estimate of drug-likeness (QED) is 0.395. The number of hydrogen-bond acceptors (Lipinski definition) is 5. The second-order valence-corrected chi connectivity index (χ2v) is 14.2. The number of nitrogens with one attached hydrogen (secondary N) is 1. The van der Waals surface area contributed by atoms with Crippen LogP contribution in [0.4, 0.5) is 0 Å². The average molecular weight is 601 g/mol. The molecular weight excluding hydrogens is 560 g/mol. The average Bonchev–Trinajstić information content (AvgIpc) is 3.35. The summed E-state index contributed by atoms with van der Waals surface area (Å²) in [4.78, 5) is 33.0. The summed E-state index contributed by atoms with van der Waals surface area (Å²) in [6.07, 6.45) is 5.12. The fourth-order valence-electron chi connectivity index (χ4n) is 6.76. The van der Waals surface area contributed by atoms with Crippen molar-refractivity contribution in [3.63, 3.8) is 0 Å². The lowest BCUT2D eigenvalue weighted by molar-refractivity contribution is -0.132. The Morgan fingerprint density at radius 3 is 2.49 bits per heavy atom. The first-order valence-corrected chi connectivity index (χ1v) is 17.1.